The van der Waals surface area contributed by atoms with Crippen molar-refractivity contribution in [3.05, 3.63) is 35.4 Å². The van der Waals surface area contributed by atoms with Crippen LogP contribution in [-0.2, 0) is 17.8 Å². The highest BCUT2D eigenvalue weighted by atomic mass is 16.3. The lowest BCUT2D eigenvalue weighted by Crippen LogP contribution is -2.40. The number of likely N-dealkylation sites (N-methyl/N-ethyl adjacent to an activating group) is 1. The molecule has 1 aliphatic carbocycles. The molecule has 0 heterocycles. The molecule has 0 spiro atoms. The van der Waals surface area contributed by atoms with Crippen molar-refractivity contribution in [2.45, 2.75) is 31.9 Å². The number of hydrogen-bond acceptors (Lipinski definition) is 3. The first-order valence-electron chi connectivity index (χ1n) is 6.78. The number of amides is 1. The largest absolute Gasteiger partial charge is 0.393 e. The van der Waals surface area contributed by atoms with Crippen molar-refractivity contribution in [1.82, 2.24) is 4.90 Å². The number of carbonyl (C=O) groups excluding carboxylic acids is 1. The maximum atomic E-state index is 12.1. The van der Waals surface area contributed by atoms with Crippen molar-refractivity contribution in [2.75, 3.05) is 13.6 Å². The van der Waals surface area contributed by atoms with Gasteiger partial charge in [0.05, 0.1) is 12.5 Å². The molecular formula is C15H22N2O2. The average molecular weight is 262 g/mol. The lowest BCUT2D eigenvalue weighted by atomic mass is 9.82. The number of rotatable bonds is 5. The van der Waals surface area contributed by atoms with Gasteiger partial charge in [-0.2, -0.15) is 0 Å². The Morgan fingerprint density at radius 2 is 1.89 bits per heavy atom. The summed E-state index contributed by atoms with van der Waals surface area (Å²) >= 11 is 0. The maximum Gasteiger partial charge on any atom is 0.226 e. The Labute approximate surface area is 114 Å². The van der Waals surface area contributed by atoms with Crippen LogP contribution in [0.1, 0.15) is 24.0 Å². The zero-order chi connectivity index (χ0) is 13.8. The molecule has 1 aliphatic rings. The second kappa shape index (κ2) is 6.17. The second-order valence-electron chi connectivity index (χ2n) is 5.46. The summed E-state index contributed by atoms with van der Waals surface area (Å²) in [6.07, 6.45) is 1.92. The molecule has 1 saturated carbocycles. The number of carbonyl (C=O) groups is 1. The van der Waals surface area contributed by atoms with Gasteiger partial charge in [0, 0.05) is 20.1 Å². The number of aliphatic hydroxyl groups excluding tert-OH is 1. The number of aliphatic hydroxyl groups is 1. The summed E-state index contributed by atoms with van der Waals surface area (Å²) in [4.78, 5) is 13.8. The molecule has 0 aliphatic heterocycles. The minimum atomic E-state index is -0.155. The van der Waals surface area contributed by atoms with E-state index in [9.17, 15) is 9.90 Å². The van der Waals surface area contributed by atoms with Gasteiger partial charge in [-0.1, -0.05) is 24.3 Å². The highest BCUT2D eigenvalue weighted by Crippen LogP contribution is 2.27. The first kappa shape index (κ1) is 14.0. The molecular weight excluding hydrogens is 240 g/mol. The van der Waals surface area contributed by atoms with Crippen molar-refractivity contribution in [2.24, 2.45) is 11.7 Å². The third kappa shape index (κ3) is 3.78. The van der Waals surface area contributed by atoms with Gasteiger partial charge >= 0.3 is 0 Å². The van der Waals surface area contributed by atoms with Gasteiger partial charge in [0.25, 0.3) is 0 Å². The fraction of sp³-hybridized carbons (Fsp3) is 0.533. The summed E-state index contributed by atoms with van der Waals surface area (Å²) in [6.45, 7) is 1.27. The van der Waals surface area contributed by atoms with Crippen molar-refractivity contribution in [3.8, 4) is 0 Å². The zero-order valence-electron chi connectivity index (χ0n) is 11.4. The van der Waals surface area contributed by atoms with Gasteiger partial charge in [0.1, 0.15) is 0 Å². The summed E-state index contributed by atoms with van der Waals surface area (Å²) in [5, 5.41) is 9.24. The predicted molar refractivity (Wildman–Crippen MR) is 74.4 cm³/mol. The Kier molecular flexibility index (Phi) is 4.56. The summed E-state index contributed by atoms with van der Waals surface area (Å²) in [5.74, 6) is 0.588. The molecule has 104 valence electrons. The van der Waals surface area contributed by atoms with E-state index in [1.165, 1.54) is 0 Å². The first-order chi connectivity index (χ1) is 9.08. The molecule has 1 amide bonds. The first-order valence-corrected chi connectivity index (χ1v) is 6.78. The Balaban J connectivity index is 1.81. The van der Waals surface area contributed by atoms with Crippen LogP contribution in [0.5, 0.6) is 0 Å². The Hall–Kier alpha value is -1.39. The minimum absolute atomic E-state index is 0.127. The fourth-order valence-corrected chi connectivity index (χ4v) is 2.44. The molecule has 0 bridgehead atoms. The SMILES string of the molecule is CN(CC1CC(O)C1)C(=O)Cc1ccc(CN)cc1. The molecule has 1 aromatic rings. The van der Waals surface area contributed by atoms with Crippen molar-refractivity contribution in [3.63, 3.8) is 0 Å². The van der Waals surface area contributed by atoms with E-state index in [1.54, 1.807) is 4.90 Å². The molecule has 4 heteroatoms. The third-order valence-corrected chi connectivity index (χ3v) is 3.78. The van der Waals surface area contributed by atoms with Crippen LogP contribution in [0.4, 0.5) is 0 Å². The molecule has 2 rings (SSSR count). The van der Waals surface area contributed by atoms with Crippen LogP contribution < -0.4 is 5.73 Å². The molecule has 1 fully saturated rings. The van der Waals surface area contributed by atoms with Crippen LogP contribution in [-0.4, -0.2) is 35.6 Å². The molecule has 0 unspecified atom stereocenters. The lowest BCUT2D eigenvalue weighted by molar-refractivity contribution is -0.130. The monoisotopic (exact) mass is 262 g/mol. The van der Waals surface area contributed by atoms with Gasteiger partial charge in [-0.3, -0.25) is 4.79 Å². The van der Waals surface area contributed by atoms with Crippen molar-refractivity contribution in [1.29, 1.82) is 0 Å². The van der Waals surface area contributed by atoms with E-state index >= 15 is 0 Å². The normalized spacial score (nSPS) is 21.8. The molecule has 3 N–H and O–H groups in total. The van der Waals surface area contributed by atoms with Crippen LogP contribution in [0.2, 0.25) is 0 Å². The van der Waals surface area contributed by atoms with Crippen molar-refractivity contribution < 1.29 is 9.90 Å². The molecule has 0 saturated heterocycles. The maximum absolute atomic E-state index is 12.1. The Morgan fingerprint density at radius 1 is 1.32 bits per heavy atom. The number of nitrogens with zero attached hydrogens (tertiary/aromatic N) is 1. The molecule has 0 radical (unpaired) electrons. The lowest BCUT2D eigenvalue weighted by Gasteiger charge is -2.34. The van der Waals surface area contributed by atoms with Crippen LogP contribution in [0, 0.1) is 5.92 Å². The fourth-order valence-electron chi connectivity index (χ4n) is 2.44. The predicted octanol–water partition coefficient (Wildman–Crippen LogP) is 0.917. The van der Waals surface area contributed by atoms with Gasteiger partial charge in [-0.25, -0.2) is 0 Å². The third-order valence-electron chi connectivity index (χ3n) is 3.78. The van der Waals surface area contributed by atoms with E-state index in [1.807, 2.05) is 31.3 Å². The minimum Gasteiger partial charge on any atom is -0.393 e. The number of nitrogens with two attached hydrogens (primary N) is 1. The van der Waals surface area contributed by atoms with Crippen molar-refractivity contribution >= 4 is 5.91 Å². The van der Waals surface area contributed by atoms with Gasteiger partial charge in [-0.15, -0.1) is 0 Å². The van der Waals surface area contributed by atoms with Gasteiger partial charge in [0.2, 0.25) is 5.91 Å². The van der Waals surface area contributed by atoms with Gasteiger partial charge in [0.15, 0.2) is 0 Å². The average Bonchev–Trinajstić information content (AvgIpc) is 2.37. The van der Waals surface area contributed by atoms with Crippen LogP contribution in [0.25, 0.3) is 0 Å². The molecule has 1 aromatic carbocycles. The number of hydrogen-bond donors (Lipinski definition) is 2. The highest BCUT2D eigenvalue weighted by molar-refractivity contribution is 5.78. The Morgan fingerprint density at radius 3 is 2.42 bits per heavy atom. The molecule has 19 heavy (non-hydrogen) atoms. The zero-order valence-corrected chi connectivity index (χ0v) is 11.4. The van der Waals surface area contributed by atoms with Gasteiger partial charge < -0.3 is 15.7 Å². The summed E-state index contributed by atoms with van der Waals surface area (Å²) in [5.41, 5.74) is 7.63. The molecule has 0 aromatic heterocycles. The smallest absolute Gasteiger partial charge is 0.226 e. The summed E-state index contributed by atoms with van der Waals surface area (Å²) in [7, 11) is 1.83. The van der Waals surface area contributed by atoms with E-state index in [0.717, 1.165) is 30.5 Å². The standard InChI is InChI=1S/C15H22N2O2/c1-17(10-13-6-14(18)7-13)15(19)8-11-2-4-12(9-16)5-3-11/h2-5,13-14,18H,6-10,16H2,1H3. The highest BCUT2D eigenvalue weighted by Gasteiger charge is 2.28. The van der Waals surface area contributed by atoms with E-state index in [0.29, 0.717) is 18.9 Å². The Bertz CT molecular complexity index is 424. The quantitative estimate of drug-likeness (QED) is 0.829. The molecule has 4 nitrogen and oxygen atoms in total. The number of benzene rings is 1. The van der Waals surface area contributed by atoms with Crippen LogP contribution in [0.15, 0.2) is 24.3 Å². The van der Waals surface area contributed by atoms with E-state index < -0.39 is 0 Å². The van der Waals surface area contributed by atoms with Gasteiger partial charge in [-0.05, 0) is 29.9 Å². The summed E-state index contributed by atoms with van der Waals surface area (Å²) in [6, 6.07) is 7.85. The topological polar surface area (TPSA) is 66.6 Å². The van der Waals surface area contributed by atoms with Crippen LogP contribution >= 0.6 is 0 Å². The summed E-state index contributed by atoms with van der Waals surface area (Å²) < 4.78 is 0. The second-order valence-corrected chi connectivity index (χ2v) is 5.46. The van der Waals surface area contributed by atoms with E-state index in [2.05, 4.69) is 0 Å². The van der Waals surface area contributed by atoms with E-state index in [4.69, 9.17) is 5.73 Å². The molecule has 0 atom stereocenters. The van der Waals surface area contributed by atoms with E-state index in [-0.39, 0.29) is 12.0 Å². The van der Waals surface area contributed by atoms with Crippen LogP contribution in [0.3, 0.4) is 0 Å².